The molecule has 114 valence electrons. The Balaban J connectivity index is 1.49. The maximum atomic E-state index is 12.1. The number of rotatable bonds is 6. The van der Waals surface area contributed by atoms with Crippen LogP contribution in [0.4, 0.5) is 0 Å². The van der Waals surface area contributed by atoms with Gasteiger partial charge in [-0.15, -0.1) is 0 Å². The molecule has 0 unspecified atom stereocenters. The van der Waals surface area contributed by atoms with Crippen LogP contribution in [0.25, 0.3) is 0 Å². The van der Waals surface area contributed by atoms with Gasteiger partial charge in [0.25, 0.3) is 0 Å². The molecule has 2 aromatic rings. The SMILES string of the molecule is O=C(CCc1cccc(Br)c1)NCC1(c2ccccc2)CC1. The van der Waals surface area contributed by atoms with E-state index in [-0.39, 0.29) is 11.3 Å². The molecule has 1 N–H and O–H groups in total. The molecule has 1 aliphatic rings. The Morgan fingerprint density at radius 3 is 2.55 bits per heavy atom. The molecule has 22 heavy (non-hydrogen) atoms. The van der Waals surface area contributed by atoms with Crippen molar-refractivity contribution in [2.24, 2.45) is 0 Å². The highest BCUT2D eigenvalue weighted by molar-refractivity contribution is 9.10. The summed E-state index contributed by atoms with van der Waals surface area (Å²) in [6.45, 7) is 0.758. The van der Waals surface area contributed by atoms with Crippen molar-refractivity contribution in [1.29, 1.82) is 0 Å². The van der Waals surface area contributed by atoms with Crippen molar-refractivity contribution in [3.63, 3.8) is 0 Å². The summed E-state index contributed by atoms with van der Waals surface area (Å²) < 4.78 is 1.06. The Bertz CT molecular complexity index is 649. The van der Waals surface area contributed by atoms with E-state index in [0.29, 0.717) is 6.42 Å². The van der Waals surface area contributed by atoms with Crippen LogP contribution in [0.1, 0.15) is 30.4 Å². The zero-order chi connectivity index (χ0) is 15.4. The Morgan fingerprint density at radius 2 is 1.86 bits per heavy atom. The second-order valence-corrected chi connectivity index (χ2v) is 6.97. The smallest absolute Gasteiger partial charge is 0.220 e. The number of benzene rings is 2. The van der Waals surface area contributed by atoms with E-state index in [2.05, 4.69) is 57.6 Å². The monoisotopic (exact) mass is 357 g/mol. The van der Waals surface area contributed by atoms with Gasteiger partial charge in [0.2, 0.25) is 5.91 Å². The van der Waals surface area contributed by atoms with E-state index >= 15 is 0 Å². The Kier molecular flexibility index (Phi) is 4.63. The van der Waals surface area contributed by atoms with Gasteiger partial charge in [0, 0.05) is 22.9 Å². The first kappa shape index (κ1) is 15.3. The highest BCUT2D eigenvalue weighted by atomic mass is 79.9. The summed E-state index contributed by atoms with van der Waals surface area (Å²) in [7, 11) is 0. The molecule has 3 heteroatoms. The van der Waals surface area contributed by atoms with Crippen molar-refractivity contribution in [3.8, 4) is 0 Å². The molecule has 0 spiro atoms. The molecule has 0 aliphatic heterocycles. The van der Waals surface area contributed by atoms with E-state index in [1.165, 1.54) is 24.0 Å². The number of carbonyl (C=O) groups excluding carboxylic acids is 1. The first-order valence-electron chi connectivity index (χ1n) is 7.75. The lowest BCUT2D eigenvalue weighted by atomic mass is 9.96. The van der Waals surface area contributed by atoms with Gasteiger partial charge in [0.05, 0.1) is 0 Å². The van der Waals surface area contributed by atoms with E-state index in [0.717, 1.165) is 17.4 Å². The van der Waals surface area contributed by atoms with E-state index in [1.807, 2.05) is 18.2 Å². The summed E-state index contributed by atoms with van der Waals surface area (Å²) in [5, 5.41) is 3.12. The Morgan fingerprint density at radius 1 is 1.09 bits per heavy atom. The normalized spacial score (nSPS) is 15.3. The molecular formula is C19H20BrNO. The van der Waals surface area contributed by atoms with Gasteiger partial charge in [0.15, 0.2) is 0 Å². The van der Waals surface area contributed by atoms with Gasteiger partial charge in [-0.2, -0.15) is 0 Å². The van der Waals surface area contributed by atoms with Gasteiger partial charge < -0.3 is 5.32 Å². The van der Waals surface area contributed by atoms with Crippen LogP contribution in [-0.2, 0) is 16.6 Å². The molecule has 2 nitrogen and oxygen atoms in total. The molecule has 0 saturated heterocycles. The highest BCUT2D eigenvalue weighted by Crippen LogP contribution is 2.47. The van der Waals surface area contributed by atoms with E-state index in [1.54, 1.807) is 0 Å². The van der Waals surface area contributed by atoms with E-state index < -0.39 is 0 Å². The van der Waals surface area contributed by atoms with Crippen LogP contribution < -0.4 is 5.32 Å². The lowest BCUT2D eigenvalue weighted by Gasteiger charge is -2.16. The number of hydrogen-bond acceptors (Lipinski definition) is 1. The van der Waals surface area contributed by atoms with E-state index in [9.17, 15) is 4.79 Å². The van der Waals surface area contributed by atoms with Crippen molar-refractivity contribution in [2.75, 3.05) is 6.54 Å². The molecule has 3 rings (SSSR count). The van der Waals surface area contributed by atoms with Gasteiger partial charge in [-0.25, -0.2) is 0 Å². The zero-order valence-corrected chi connectivity index (χ0v) is 14.1. The van der Waals surface area contributed by atoms with Gasteiger partial charge in [0.1, 0.15) is 0 Å². The number of carbonyl (C=O) groups is 1. The third kappa shape index (κ3) is 3.77. The topological polar surface area (TPSA) is 29.1 Å². The van der Waals surface area contributed by atoms with Crippen molar-refractivity contribution in [1.82, 2.24) is 5.32 Å². The lowest BCUT2D eigenvalue weighted by Crippen LogP contribution is -2.32. The molecule has 2 aromatic carbocycles. The summed E-state index contributed by atoms with van der Waals surface area (Å²) in [5.74, 6) is 0.141. The predicted molar refractivity (Wildman–Crippen MR) is 92.8 cm³/mol. The minimum Gasteiger partial charge on any atom is -0.355 e. The Hall–Kier alpha value is -1.61. The first-order valence-corrected chi connectivity index (χ1v) is 8.54. The van der Waals surface area contributed by atoms with Crippen molar-refractivity contribution in [3.05, 3.63) is 70.2 Å². The second-order valence-electron chi connectivity index (χ2n) is 6.05. The molecule has 1 saturated carbocycles. The van der Waals surface area contributed by atoms with Gasteiger partial charge >= 0.3 is 0 Å². The molecule has 1 fully saturated rings. The maximum absolute atomic E-state index is 12.1. The number of aryl methyl sites for hydroxylation is 1. The molecule has 0 atom stereocenters. The number of nitrogens with one attached hydrogen (secondary N) is 1. The average Bonchev–Trinajstić information content (AvgIpc) is 3.33. The fourth-order valence-electron chi connectivity index (χ4n) is 2.82. The summed E-state index contributed by atoms with van der Waals surface area (Å²) in [6.07, 6.45) is 3.66. The average molecular weight is 358 g/mol. The summed E-state index contributed by atoms with van der Waals surface area (Å²) >= 11 is 3.46. The summed E-state index contributed by atoms with van der Waals surface area (Å²) in [4.78, 5) is 12.1. The lowest BCUT2D eigenvalue weighted by molar-refractivity contribution is -0.121. The van der Waals surface area contributed by atoms with Crippen LogP contribution >= 0.6 is 15.9 Å². The highest BCUT2D eigenvalue weighted by Gasteiger charge is 2.44. The van der Waals surface area contributed by atoms with E-state index in [4.69, 9.17) is 0 Å². The number of amides is 1. The van der Waals surface area contributed by atoms with Crippen LogP contribution in [0.2, 0.25) is 0 Å². The third-order valence-electron chi connectivity index (χ3n) is 4.39. The Labute approximate surface area is 140 Å². The molecule has 0 radical (unpaired) electrons. The quantitative estimate of drug-likeness (QED) is 0.823. The summed E-state index contributed by atoms with van der Waals surface area (Å²) in [5.41, 5.74) is 2.73. The second kappa shape index (κ2) is 6.66. The molecule has 0 heterocycles. The van der Waals surface area contributed by atoms with Crippen LogP contribution in [0, 0.1) is 0 Å². The van der Waals surface area contributed by atoms with Gasteiger partial charge in [-0.1, -0.05) is 58.4 Å². The third-order valence-corrected chi connectivity index (χ3v) is 4.89. The van der Waals surface area contributed by atoms with Gasteiger partial charge in [-0.05, 0) is 42.5 Å². The fraction of sp³-hybridized carbons (Fsp3) is 0.316. The zero-order valence-electron chi connectivity index (χ0n) is 12.5. The molecule has 1 aliphatic carbocycles. The van der Waals surface area contributed by atoms with Crippen molar-refractivity contribution >= 4 is 21.8 Å². The van der Waals surface area contributed by atoms with Crippen LogP contribution in [0.5, 0.6) is 0 Å². The molecule has 0 bridgehead atoms. The van der Waals surface area contributed by atoms with Crippen LogP contribution in [0.15, 0.2) is 59.1 Å². The fourth-order valence-corrected chi connectivity index (χ4v) is 3.26. The van der Waals surface area contributed by atoms with Crippen molar-refractivity contribution < 1.29 is 4.79 Å². The predicted octanol–water partition coefficient (Wildman–Crippen LogP) is 4.23. The van der Waals surface area contributed by atoms with Gasteiger partial charge in [-0.3, -0.25) is 4.79 Å². The van der Waals surface area contributed by atoms with Crippen molar-refractivity contribution in [2.45, 2.75) is 31.1 Å². The number of halogens is 1. The maximum Gasteiger partial charge on any atom is 0.220 e. The first-order chi connectivity index (χ1) is 10.7. The van der Waals surface area contributed by atoms with Crippen LogP contribution in [-0.4, -0.2) is 12.5 Å². The molecule has 0 aromatic heterocycles. The minimum atomic E-state index is 0.141. The molecule has 1 amide bonds. The van der Waals surface area contributed by atoms with Crippen LogP contribution in [0.3, 0.4) is 0 Å². The standard InChI is InChI=1S/C19H20BrNO/c20-17-8-4-5-15(13-17)9-10-18(22)21-14-19(11-12-19)16-6-2-1-3-7-16/h1-8,13H,9-12,14H2,(H,21,22). The largest absolute Gasteiger partial charge is 0.355 e. The minimum absolute atomic E-state index is 0.141. The number of hydrogen-bond donors (Lipinski definition) is 1. The molecular weight excluding hydrogens is 338 g/mol. The summed E-state index contributed by atoms with van der Waals surface area (Å²) in [6, 6.07) is 18.7.